The third-order valence-corrected chi connectivity index (χ3v) is 22.3. The van der Waals surface area contributed by atoms with Crippen LogP contribution in [0.4, 0.5) is 49.9 Å². The molecule has 0 radical (unpaired) electrons. The van der Waals surface area contributed by atoms with Crippen LogP contribution in [0.1, 0.15) is 67.2 Å². The van der Waals surface area contributed by atoms with Gasteiger partial charge in [0.15, 0.2) is 29.3 Å². The Morgan fingerprint density at radius 2 is 0.959 bits per heavy atom. The summed E-state index contributed by atoms with van der Waals surface area (Å²) in [5, 5.41) is 26.3. The average molecular weight is 1700 g/mol. The molecule has 30 nitrogen and oxygen atoms in total. The molecule has 0 bridgehead atoms. The molecule has 2 N–H and O–H groups in total. The number of aryl methyl sites for hydroxylation is 2. The second-order valence-electron chi connectivity index (χ2n) is 29.8. The van der Waals surface area contributed by atoms with Gasteiger partial charge in [-0.05, 0) is 79.2 Å². The van der Waals surface area contributed by atoms with Crippen LogP contribution < -0.4 is 65.1 Å². The van der Waals surface area contributed by atoms with Gasteiger partial charge >= 0.3 is 71.6 Å². The molecule has 2 amide bonds. The summed E-state index contributed by atoms with van der Waals surface area (Å²) >= 11 is 5.64. The largest absolute Gasteiger partial charge is 1.00 e. The standard InChI is InChI=1S/C43H38F2N6O9.C39H35ClF2N6O5.C4H4O4.Na/c1-48-18-24-11-12-51(33(24)20-48)39-28(25-13-27-40(55)29(19-49(2)41(27)47-16-25)42(56)58-21-23-7-5-4-6-8-23)17-46-31-14-26-32(15-30(44)38(45)36(26)37(31)39)50(3)43(57)60-22-59-35(54)10-9-34(52)53;1-45-16-22-9-10-48(31(22)18-45)35-26(15-43-29-12-24-30(47(3)39(51)53-20-40)13-28(41)34(42)32(24)33(29)35)23-11-25-36(49)27(17-46(2)37(25)44-14-23)38(50)52-19-21-7-5-4-6-8-21;5-3(6)1-2-4(7)8;/h4-10,13,15-17,19,24,33H,11-12,14,18,20-22H2,1-3H3,(H,52,53);4-8,11,13-15,17,22,31H,9-10,12,16,18-20H2,1-3H3;1-2H,(H,5,6)(H,7,8);/q;;;+1/p-1/b10-9+;;2-1+;/t24-,33+;22-,31+;;/m11../s1. The van der Waals surface area contributed by atoms with Crippen LogP contribution in [-0.2, 0) is 83.0 Å². The summed E-state index contributed by atoms with van der Waals surface area (Å²) in [4.78, 5) is 152. The van der Waals surface area contributed by atoms with Crippen molar-refractivity contribution in [3.8, 4) is 44.5 Å². The Hall–Kier alpha value is -12.7. The average Bonchev–Trinajstić information content (AvgIpc) is 1.56. The van der Waals surface area contributed by atoms with Gasteiger partial charge in [0.2, 0.25) is 17.7 Å². The van der Waals surface area contributed by atoms with Gasteiger partial charge in [0, 0.05) is 204 Å². The van der Waals surface area contributed by atoms with E-state index >= 15 is 17.6 Å². The minimum absolute atomic E-state index is 0. The van der Waals surface area contributed by atoms with E-state index in [9.17, 15) is 53.1 Å². The SMILES string of the molecule is CN1C[C@H]2CCN(c3c(-c4cnc5c(c4)c(=O)c(C(=O)OCc4ccccc4)cn5C)cnc4c3-c3c(F)c(F)cc(N(C)C(=O)OCCl)c3C4)[C@H]2C1.CN1C[C@H]2CCN(c3c(-c4cnc5c(c4)c(=O)c(C(=O)OCc4ccccc4)cn5C)cnc4c3-c3c(F)c(F)cc(N(C)C(=O)OCOC(=O)/C=C/C(=O)O)c3C4)[C@H]2C1.O=C([O-])/C=C/C(=O)O.[Na+]. The summed E-state index contributed by atoms with van der Waals surface area (Å²) in [7, 11) is 10.1. The number of aromatic nitrogens is 6. The minimum Gasteiger partial charge on any atom is -0.545 e. The third-order valence-electron chi connectivity index (χ3n) is 22.2. The van der Waals surface area contributed by atoms with E-state index in [0.29, 0.717) is 129 Å². The zero-order chi connectivity index (χ0) is 86.1. The fraction of sp³-hybridized carbons (Fsp3) is 0.279. The number of carbonyl (C=O) groups is 8. The summed E-state index contributed by atoms with van der Waals surface area (Å²) in [6.07, 6.45) is 11.4. The minimum atomic E-state index is -1.51. The van der Waals surface area contributed by atoms with Crippen molar-refractivity contribution in [1.82, 2.24) is 38.9 Å². The number of benzene rings is 4. The van der Waals surface area contributed by atoms with E-state index in [2.05, 4.69) is 36.6 Å². The Balaban J connectivity index is 0.000000193. The number of anilines is 4. The molecule has 0 unspecified atom stereocenters. The number of amides is 2. The molecule has 0 spiro atoms. The maximum atomic E-state index is 16.4. The second-order valence-corrected chi connectivity index (χ2v) is 30.0. The topological polar surface area (TPSA) is 361 Å². The number of esters is 3. The molecule has 4 aromatic carbocycles. The van der Waals surface area contributed by atoms with Gasteiger partial charge < -0.3 is 72.5 Å². The second kappa shape index (κ2) is 36.7. The van der Waals surface area contributed by atoms with E-state index in [0.717, 1.165) is 65.5 Å². The first-order valence-electron chi connectivity index (χ1n) is 37.9. The van der Waals surface area contributed by atoms with Gasteiger partial charge in [-0.25, -0.2) is 61.1 Å². The number of ether oxygens (including phenoxy) is 5. The van der Waals surface area contributed by atoms with Gasteiger partial charge in [0.25, 0.3) is 0 Å². The van der Waals surface area contributed by atoms with Crippen molar-refractivity contribution in [3.05, 3.63) is 235 Å². The first kappa shape index (κ1) is 87.1. The summed E-state index contributed by atoms with van der Waals surface area (Å²) in [5.74, 6) is -10.7. The maximum Gasteiger partial charge on any atom is 1.00 e. The number of carboxylic acids is 3. The van der Waals surface area contributed by atoms with Crippen LogP contribution >= 0.6 is 11.6 Å². The molecule has 6 aromatic heterocycles. The molecule has 10 aromatic rings. The van der Waals surface area contributed by atoms with Crippen LogP contribution in [0.15, 0.2) is 156 Å². The number of rotatable bonds is 19. The normalized spacial score (nSPS) is 16.5. The number of halogens is 5. The molecular weight excluding hydrogens is 1620 g/mol. The van der Waals surface area contributed by atoms with Gasteiger partial charge in [0.05, 0.1) is 50.9 Å². The zero-order valence-electron chi connectivity index (χ0n) is 66.7. The molecule has 10 heterocycles. The van der Waals surface area contributed by atoms with Gasteiger partial charge in [0.1, 0.15) is 35.6 Å². The van der Waals surface area contributed by atoms with Crippen molar-refractivity contribution in [1.29, 1.82) is 0 Å². The third kappa shape index (κ3) is 17.6. The Kier molecular flexibility index (Phi) is 26.2. The number of hydrogen-bond acceptors (Lipinski definition) is 24. The summed E-state index contributed by atoms with van der Waals surface area (Å²) in [5.41, 5.74) is 6.41. The number of alkyl halides is 1. The van der Waals surface area contributed by atoms with Crippen molar-refractivity contribution in [2.24, 2.45) is 25.9 Å². The van der Waals surface area contributed by atoms with Gasteiger partial charge in [-0.1, -0.05) is 72.3 Å². The number of nitrogens with zero attached hydrogens (tertiary/aromatic N) is 12. The number of aliphatic carboxylic acids is 3. The fourth-order valence-corrected chi connectivity index (χ4v) is 16.8. The quantitative estimate of drug-likeness (QED) is 0.0165. The van der Waals surface area contributed by atoms with Crippen LogP contribution in [0.3, 0.4) is 0 Å². The first-order chi connectivity index (χ1) is 58.0. The number of fused-ring (bicyclic) bond motifs is 10. The molecule has 624 valence electrons. The van der Waals surface area contributed by atoms with E-state index in [4.69, 9.17) is 55.5 Å². The van der Waals surface area contributed by atoms with E-state index in [-0.39, 0.29) is 118 Å². The Morgan fingerprint density at radius 3 is 1.36 bits per heavy atom. The molecule has 4 saturated heterocycles. The smallest absolute Gasteiger partial charge is 0.545 e. The van der Waals surface area contributed by atoms with Crippen molar-refractivity contribution in [3.63, 3.8) is 0 Å². The van der Waals surface area contributed by atoms with Gasteiger partial charge in [-0.15, -0.1) is 0 Å². The van der Waals surface area contributed by atoms with Crippen LogP contribution in [-0.4, -0.2) is 189 Å². The van der Waals surface area contributed by atoms with Gasteiger partial charge in [-0.2, -0.15) is 0 Å². The van der Waals surface area contributed by atoms with Crippen molar-refractivity contribution >= 4 is 104 Å². The van der Waals surface area contributed by atoms with Crippen LogP contribution in [0.5, 0.6) is 0 Å². The fourth-order valence-electron chi connectivity index (χ4n) is 16.7. The maximum absolute atomic E-state index is 16.4. The Morgan fingerprint density at radius 1 is 0.541 bits per heavy atom. The molecule has 16 rings (SSSR count). The molecule has 0 saturated carbocycles. The molecular formula is C86H76ClF4N12NaO18. The van der Waals surface area contributed by atoms with Crippen LogP contribution in [0.2, 0.25) is 0 Å². The first-order valence-corrected chi connectivity index (χ1v) is 38.5. The molecule has 4 atom stereocenters. The van der Waals surface area contributed by atoms with Crippen molar-refractivity contribution in [2.75, 3.05) is 99.9 Å². The molecule has 4 aliphatic heterocycles. The molecule has 6 aliphatic rings. The number of likely N-dealkylation sites (tertiary alicyclic amines) is 2. The van der Waals surface area contributed by atoms with Crippen molar-refractivity contribution < 1.29 is 124 Å². The summed E-state index contributed by atoms with van der Waals surface area (Å²) in [6, 6.07) is 23.1. The molecule has 122 heavy (non-hydrogen) atoms. The predicted octanol–water partition coefficient (Wildman–Crippen LogP) is 6.55. The molecule has 36 heteroatoms. The van der Waals surface area contributed by atoms with Gasteiger partial charge in [-0.3, -0.25) is 29.4 Å². The molecule has 2 aliphatic carbocycles. The number of likely N-dealkylation sites (N-methyl/N-ethyl adjacent to an activating group) is 2. The van der Waals surface area contributed by atoms with E-state index in [1.54, 1.807) is 72.3 Å². The number of hydrogen-bond donors (Lipinski definition) is 2. The van der Waals surface area contributed by atoms with Crippen molar-refractivity contribution in [2.45, 2.75) is 51.0 Å². The zero-order valence-corrected chi connectivity index (χ0v) is 69.5. The number of carboxylic acid groups (broad SMARTS) is 3. The number of pyridine rings is 6. The van der Waals surface area contributed by atoms with E-state index in [1.807, 2.05) is 55.6 Å². The van der Waals surface area contributed by atoms with Crippen LogP contribution in [0, 0.1) is 35.1 Å². The molecule has 4 fully saturated rings. The van der Waals surface area contributed by atoms with E-state index in [1.165, 1.54) is 26.5 Å². The Bertz CT molecular complexity index is 6090. The van der Waals surface area contributed by atoms with E-state index < -0.39 is 95.0 Å². The summed E-state index contributed by atoms with van der Waals surface area (Å²) in [6.45, 7) is 3.58. The number of carbonyl (C=O) groups excluding carboxylic acids is 6. The van der Waals surface area contributed by atoms with Crippen LogP contribution in [0.25, 0.3) is 66.6 Å². The predicted molar refractivity (Wildman–Crippen MR) is 431 cm³/mol. The monoisotopic (exact) mass is 1700 g/mol. The Labute approximate surface area is 719 Å². The summed E-state index contributed by atoms with van der Waals surface area (Å²) < 4.78 is 92.9.